The summed E-state index contributed by atoms with van der Waals surface area (Å²) in [5, 5.41) is 5.89. The molecule has 0 unspecified atom stereocenters. The fourth-order valence-electron chi connectivity index (χ4n) is 6.15. The molecule has 0 radical (unpaired) electrons. The van der Waals surface area contributed by atoms with Crippen molar-refractivity contribution in [3.8, 4) is 11.3 Å². The lowest BCUT2D eigenvalue weighted by Gasteiger charge is -2.38. The summed E-state index contributed by atoms with van der Waals surface area (Å²) in [6.07, 6.45) is 6.50. The first kappa shape index (κ1) is 24.2. The molecule has 39 heavy (non-hydrogen) atoms. The van der Waals surface area contributed by atoms with Gasteiger partial charge in [-0.1, -0.05) is 18.2 Å². The van der Waals surface area contributed by atoms with E-state index in [1.165, 1.54) is 18.5 Å². The Labute approximate surface area is 225 Å². The van der Waals surface area contributed by atoms with E-state index >= 15 is 0 Å². The molecule has 0 spiro atoms. The van der Waals surface area contributed by atoms with Gasteiger partial charge in [0.05, 0.1) is 35.7 Å². The average molecular weight is 527 g/mol. The van der Waals surface area contributed by atoms with Gasteiger partial charge in [-0.05, 0) is 55.5 Å². The molecule has 4 heterocycles. The minimum absolute atomic E-state index is 0.243. The zero-order valence-electron chi connectivity index (χ0n) is 21.7. The monoisotopic (exact) mass is 526 g/mol. The van der Waals surface area contributed by atoms with Crippen LogP contribution in [0.25, 0.3) is 33.3 Å². The standard InChI is InChI=1S/C29H31FN8O/c30-20-4-1-18(2-5-20)15-25-34-23-10-3-19(16-24(23)35-25)27-26-28(31)32-17-33-29(26)38(36-27)22-8-6-21(7-9-22)37-11-13-39-14-12-37/h1-5,10,16-17,21-22H,6-9,11-15H2,(H,34,35)(H2,31,32,33)/t21-,22-. The molecular formula is C29H31FN8O. The van der Waals surface area contributed by atoms with E-state index in [2.05, 4.69) is 30.6 Å². The number of nitrogens with two attached hydrogens (primary N) is 1. The number of hydrogen-bond acceptors (Lipinski definition) is 7. The summed E-state index contributed by atoms with van der Waals surface area (Å²) in [5.74, 6) is 1.02. The fraction of sp³-hybridized carbons (Fsp3) is 0.379. The maximum Gasteiger partial charge on any atom is 0.164 e. The number of halogens is 1. The number of nitrogen functional groups attached to an aromatic ring is 1. The number of fused-ring (bicyclic) bond motifs is 2. The van der Waals surface area contributed by atoms with Crippen LogP contribution >= 0.6 is 0 Å². The van der Waals surface area contributed by atoms with Crippen LogP contribution in [0.3, 0.4) is 0 Å². The van der Waals surface area contributed by atoms with Crippen LogP contribution in [0, 0.1) is 5.82 Å². The van der Waals surface area contributed by atoms with E-state index in [1.54, 1.807) is 12.1 Å². The van der Waals surface area contributed by atoms with Gasteiger partial charge in [-0.15, -0.1) is 0 Å². The highest BCUT2D eigenvalue weighted by Gasteiger charge is 2.30. The maximum absolute atomic E-state index is 13.3. The summed E-state index contributed by atoms with van der Waals surface area (Å²) in [7, 11) is 0. The number of ether oxygens (including phenoxy) is 1. The molecule has 3 N–H and O–H groups in total. The number of aromatic amines is 1. The van der Waals surface area contributed by atoms with Gasteiger partial charge in [-0.25, -0.2) is 24.0 Å². The number of H-pyrrole nitrogens is 1. The molecule has 1 aliphatic heterocycles. The Bertz CT molecular complexity index is 1610. The van der Waals surface area contributed by atoms with Crippen molar-refractivity contribution < 1.29 is 9.13 Å². The molecule has 5 aromatic rings. The van der Waals surface area contributed by atoms with Gasteiger partial charge in [0.15, 0.2) is 5.65 Å². The molecular weight excluding hydrogens is 495 g/mol. The minimum Gasteiger partial charge on any atom is -0.383 e. The zero-order valence-corrected chi connectivity index (χ0v) is 21.7. The van der Waals surface area contributed by atoms with Crippen molar-refractivity contribution in [3.05, 3.63) is 66.0 Å². The molecule has 2 aromatic carbocycles. The van der Waals surface area contributed by atoms with Gasteiger partial charge in [0.1, 0.15) is 29.5 Å². The number of aromatic nitrogens is 6. The van der Waals surface area contributed by atoms with Gasteiger partial charge in [-0.3, -0.25) is 4.90 Å². The van der Waals surface area contributed by atoms with Crippen molar-refractivity contribution in [2.24, 2.45) is 0 Å². The Balaban J connectivity index is 1.18. The summed E-state index contributed by atoms with van der Waals surface area (Å²) >= 11 is 0. The Morgan fingerprint density at radius 2 is 1.74 bits per heavy atom. The van der Waals surface area contributed by atoms with Crippen LogP contribution in [0.1, 0.15) is 43.1 Å². The van der Waals surface area contributed by atoms with E-state index in [0.29, 0.717) is 18.3 Å². The van der Waals surface area contributed by atoms with Crippen LogP contribution in [0.5, 0.6) is 0 Å². The van der Waals surface area contributed by atoms with Crippen LogP contribution in [-0.4, -0.2) is 67.0 Å². The minimum atomic E-state index is -0.243. The van der Waals surface area contributed by atoms with E-state index < -0.39 is 0 Å². The lowest BCUT2D eigenvalue weighted by Crippen LogP contribution is -2.45. The van der Waals surface area contributed by atoms with Crippen molar-refractivity contribution in [3.63, 3.8) is 0 Å². The van der Waals surface area contributed by atoms with Crippen molar-refractivity contribution in [1.82, 2.24) is 34.6 Å². The van der Waals surface area contributed by atoms with Crippen LogP contribution in [0.15, 0.2) is 48.8 Å². The van der Waals surface area contributed by atoms with Crippen molar-refractivity contribution in [2.75, 3.05) is 32.0 Å². The molecule has 7 rings (SSSR count). The van der Waals surface area contributed by atoms with Crippen LogP contribution in [-0.2, 0) is 11.2 Å². The molecule has 0 amide bonds. The third kappa shape index (κ3) is 4.63. The number of hydrogen-bond donors (Lipinski definition) is 2. The Hall–Kier alpha value is -3.89. The number of imidazole rings is 1. The second kappa shape index (κ2) is 10.0. The number of rotatable bonds is 5. The number of morpholine rings is 1. The Morgan fingerprint density at radius 3 is 2.54 bits per heavy atom. The molecule has 2 aliphatic rings. The second-order valence-electron chi connectivity index (χ2n) is 10.6. The van der Waals surface area contributed by atoms with Gasteiger partial charge in [0, 0.05) is 31.1 Å². The van der Waals surface area contributed by atoms with Crippen molar-refractivity contribution >= 4 is 27.9 Å². The molecule has 10 heteroatoms. The van der Waals surface area contributed by atoms with Crippen LogP contribution < -0.4 is 5.73 Å². The SMILES string of the molecule is Nc1ncnc2c1c(-c1ccc3nc(Cc4ccc(F)cc4)[nH]c3c1)nn2[C@H]1CC[C@H](N2CCOCC2)CC1. The molecule has 2 fully saturated rings. The lowest BCUT2D eigenvalue weighted by molar-refractivity contribution is 0.00520. The summed E-state index contributed by atoms with van der Waals surface area (Å²) in [6.45, 7) is 3.71. The van der Waals surface area contributed by atoms with E-state index in [9.17, 15) is 4.39 Å². The first-order valence-electron chi connectivity index (χ1n) is 13.7. The second-order valence-corrected chi connectivity index (χ2v) is 10.6. The highest BCUT2D eigenvalue weighted by molar-refractivity contribution is 5.99. The molecule has 1 saturated heterocycles. The first-order valence-corrected chi connectivity index (χ1v) is 13.7. The maximum atomic E-state index is 13.3. The molecule has 0 atom stereocenters. The lowest BCUT2D eigenvalue weighted by atomic mass is 9.90. The van der Waals surface area contributed by atoms with Crippen molar-refractivity contribution in [2.45, 2.75) is 44.2 Å². The third-order valence-corrected chi connectivity index (χ3v) is 8.18. The quantitative estimate of drug-likeness (QED) is 0.347. The van der Waals surface area contributed by atoms with Gasteiger partial charge in [0.25, 0.3) is 0 Å². The summed E-state index contributed by atoms with van der Waals surface area (Å²) in [6, 6.07) is 13.5. The molecule has 1 aliphatic carbocycles. The molecule has 200 valence electrons. The highest BCUT2D eigenvalue weighted by atomic mass is 19.1. The van der Waals surface area contributed by atoms with Gasteiger partial charge in [-0.2, -0.15) is 5.10 Å². The van der Waals surface area contributed by atoms with Crippen LogP contribution in [0.4, 0.5) is 10.2 Å². The molecule has 1 saturated carbocycles. The predicted octanol–water partition coefficient (Wildman–Crippen LogP) is 4.50. The normalized spacial score (nSPS) is 20.6. The first-order chi connectivity index (χ1) is 19.1. The number of nitrogens with one attached hydrogen (secondary N) is 1. The van der Waals surface area contributed by atoms with Crippen LogP contribution in [0.2, 0.25) is 0 Å². The van der Waals surface area contributed by atoms with E-state index in [-0.39, 0.29) is 11.9 Å². The zero-order chi connectivity index (χ0) is 26.3. The predicted molar refractivity (Wildman–Crippen MR) is 148 cm³/mol. The summed E-state index contributed by atoms with van der Waals surface area (Å²) in [5.41, 5.74) is 11.7. The summed E-state index contributed by atoms with van der Waals surface area (Å²) < 4.78 is 20.9. The molecule has 9 nitrogen and oxygen atoms in total. The highest BCUT2D eigenvalue weighted by Crippen LogP contribution is 2.37. The third-order valence-electron chi connectivity index (χ3n) is 8.18. The van der Waals surface area contributed by atoms with E-state index in [0.717, 1.165) is 96.7 Å². The number of benzene rings is 2. The Kier molecular flexibility index (Phi) is 6.21. The topological polar surface area (TPSA) is 111 Å². The van der Waals surface area contributed by atoms with Gasteiger partial charge >= 0.3 is 0 Å². The number of nitrogens with zero attached hydrogens (tertiary/aromatic N) is 6. The molecule has 0 bridgehead atoms. The van der Waals surface area contributed by atoms with Gasteiger partial charge < -0.3 is 15.5 Å². The van der Waals surface area contributed by atoms with E-state index in [1.807, 2.05) is 12.1 Å². The number of anilines is 1. The summed E-state index contributed by atoms with van der Waals surface area (Å²) in [4.78, 5) is 19.7. The fourth-order valence-corrected chi connectivity index (χ4v) is 6.15. The largest absolute Gasteiger partial charge is 0.383 e. The average Bonchev–Trinajstić information content (AvgIpc) is 3.56. The van der Waals surface area contributed by atoms with Gasteiger partial charge in [0.2, 0.25) is 0 Å². The smallest absolute Gasteiger partial charge is 0.164 e. The van der Waals surface area contributed by atoms with Crippen molar-refractivity contribution in [1.29, 1.82) is 0 Å². The Morgan fingerprint density at radius 1 is 0.974 bits per heavy atom. The molecule has 3 aromatic heterocycles. The van der Waals surface area contributed by atoms with E-state index in [4.69, 9.17) is 20.6 Å².